The van der Waals surface area contributed by atoms with E-state index in [1.807, 2.05) is 0 Å². The quantitative estimate of drug-likeness (QED) is 0.835. The molecule has 0 aliphatic rings. The predicted octanol–water partition coefficient (Wildman–Crippen LogP) is 1.31. The molecular formula is C15H17N3O5S. The number of ether oxygens (including phenoxy) is 1. The highest BCUT2D eigenvalue weighted by molar-refractivity contribution is 7.89. The molecule has 0 saturated heterocycles. The third kappa shape index (κ3) is 3.87. The monoisotopic (exact) mass is 351 g/mol. The molecule has 128 valence electrons. The minimum absolute atomic E-state index is 0.0389. The zero-order valence-electron chi connectivity index (χ0n) is 13.4. The van der Waals surface area contributed by atoms with Gasteiger partial charge >= 0.3 is 5.97 Å². The molecule has 9 heteroatoms. The summed E-state index contributed by atoms with van der Waals surface area (Å²) in [5, 5.41) is 8.93. The van der Waals surface area contributed by atoms with Gasteiger partial charge in [-0.2, -0.15) is 0 Å². The Bertz CT molecular complexity index is 848. The zero-order valence-corrected chi connectivity index (χ0v) is 14.2. The van der Waals surface area contributed by atoms with Crippen LogP contribution in [0.5, 0.6) is 5.75 Å². The van der Waals surface area contributed by atoms with E-state index in [2.05, 4.69) is 9.97 Å². The maximum atomic E-state index is 12.0. The molecule has 1 aromatic heterocycles. The summed E-state index contributed by atoms with van der Waals surface area (Å²) >= 11 is 0. The van der Waals surface area contributed by atoms with Crippen LogP contribution in [0.4, 0.5) is 0 Å². The summed E-state index contributed by atoms with van der Waals surface area (Å²) in [6.45, 7) is 1.62. The van der Waals surface area contributed by atoms with Crippen molar-refractivity contribution in [2.75, 3.05) is 14.1 Å². The van der Waals surface area contributed by atoms with Crippen molar-refractivity contribution < 1.29 is 23.1 Å². The molecule has 24 heavy (non-hydrogen) atoms. The molecular weight excluding hydrogens is 334 g/mol. The maximum absolute atomic E-state index is 12.0. The van der Waals surface area contributed by atoms with Crippen molar-refractivity contribution in [1.82, 2.24) is 14.3 Å². The Hall–Kier alpha value is -2.52. The number of aryl methyl sites for hydroxylation is 1. The lowest BCUT2D eigenvalue weighted by molar-refractivity contribution is 0.0695. The highest BCUT2D eigenvalue weighted by Gasteiger charge is 2.16. The topological polar surface area (TPSA) is 110 Å². The van der Waals surface area contributed by atoms with E-state index >= 15 is 0 Å². The van der Waals surface area contributed by atoms with Crippen molar-refractivity contribution in [2.45, 2.75) is 18.4 Å². The molecule has 0 unspecified atom stereocenters. The normalized spacial score (nSPS) is 11.5. The first-order valence-corrected chi connectivity index (χ1v) is 8.37. The summed E-state index contributed by atoms with van der Waals surface area (Å²) in [4.78, 5) is 19.1. The Balaban J connectivity index is 2.08. The van der Waals surface area contributed by atoms with Gasteiger partial charge in [-0.25, -0.2) is 27.5 Å². The summed E-state index contributed by atoms with van der Waals surface area (Å²) in [6, 6.07) is 5.97. The Labute approximate surface area is 139 Å². The summed E-state index contributed by atoms with van der Waals surface area (Å²) < 4.78 is 30.6. The van der Waals surface area contributed by atoms with Gasteiger partial charge in [0.2, 0.25) is 10.0 Å². The molecule has 0 fully saturated rings. The van der Waals surface area contributed by atoms with Gasteiger partial charge in [0, 0.05) is 20.3 Å². The lowest BCUT2D eigenvalue weighted by atomic mass is 10.2. The molecule has 1 aromatic carbocycles. The van der Waals surface area contributed by atoms with E-state index in [1.165, 1.54) is 44.6 Å². The number of nitrogens with zero attached hydrogens (tertiary/aromatic N) is 3. The number of aromatic nitrogens is 2. The van der Waals surface area contributed by atoms with Gasteiger partial charge in [0.05, 0.1) is 16.2 Å². The van der Waals surface area contributed by atoms with Gasteiger partial charge in [-0.15, -0.1) is 0 Å². The summed E-state index contributed by atoms with van der Waals surface area (Å²) in [5.41, 5.74) is 0.389. The second-order valence-electron chi connectivity index (χ2n) is 5.14. The molecule has 0 amide bonds. The second kappa shape index (κ2) is 6.93. The standard InChI is InChI=1S/C15H17N3O5S/c1-10-13(15(19)20)8-16-14(17-10)9-23-11-4-6-12(7-5-11)24(21,22)18(2)3/h4-8H,9H2,1-3H3,(H,19,20). The summed E-state index contributed by atoms with van der Waals surface area (Å²) in [5.74, 6) is -0.295. The first-order chi connectivity index (χ1) is 11.2. The van der Waals surface area contributed by atoms with E-state index in [9.17, 15) is 13.2 Å². The third-order valence-corrected chi connectivity index (χ3v) is 5.06. The molecule has 0 bridgehead atoms. The van der Waals surface area contributed by atoms with E-state index in [0.29, 0.717) is 17.3 Å². The van der Waals surface area contributed by atoms with Crippen LogP contribution in [0.1, 0.15) is 21.9 Å². The van der Waals surface area contributed by atoms with Crippen LogP contribution in [-0.4, -0.2) is 47.9 Å². The minimum Gasteiger partial charge on any atom is -0.486 e. The SMILES string of the molecule is Cc1nc(COc2ccc(S(=O)(=O)N(C)C)cc2)ncc1C(=O)O. The Morgan fingerprint density at radius 2 is 1.88 bits per heavy atom. The fraction of sp³-hybridized carbons (Fsp3) is 0.267. The highest BCUT2D eigenvalue weighted by atomic mass is 32.2. The van der Waals surface area contributed by atoms with Crippen LogP contribution < -0.4 is 4.74 Å². The third-order valence-electron chi connectivity index (χ3n) is 3.23. The number of carbonyl (C=O) groups is 1. The van der Waals surface area contributed by atoms with Crippen LogP contribution in [0, 0.1) is 6.92 Å². The lowest BCUT2D eigenvalue weighted by Gasteiger charge is -2.12. The average molecular weight is 351 g/mol. The molecule has 0 saturated carbocycles. The van der Waals surface area contributed by atoms with Crippen molar-refractivity contribution in [3.05, 3.63) is 47.5 Å². The molecule has 0 radical (unpaired) electrons. The van der Waals surface area contributed by atoms with Crippen molar-refractivity contribution in [3.63, 3.8) is 0 Å². The van der Waals surface area contributed by atoms with Crippen molar-refractivity contribution >= 4 is 16.0 Å². The van der Waals surface area contributed by atoms with E-state index in [-0.39, 0.29) is 17.1 Å². The van der Waals surface area contributed by atoms with Crippen molar-refractivity contribution in [1.29, 1.82) is 0 Å². The van der Waals surface area contributed by atoms with Gasteiger partial charge < -0.3 is 9.84 Å². The molecule has 2 aromatic rings. The van der Waals surface area contributed by atoms with Gasteiger partial charge in [-0.3, -0.25) is 0 Å². The molecule has 8 nitrogen and oxygen atoms in total. The van der Waals surface area contributed by atoms with Gasteiger partial charge in [-0.05, 0) is 31.2 Å². The van der Waals surface area contributed by atoms with Crippen LogP contribution in [0.2, 0.25) is 0 Å². The Morgan fingerprint density at radius 3 is 2.38 bits per heavy atom. The number of carboxylic acid groups (broad SMARTS) is 1. The van der Waals surface area contributed by atoms with Crippen LogP contribution in [-0.2, 0) is 16.6 Å². The van der Waals surface area contributed by atoms with E-state index in [1.54, 1.807) is 6.92 Å². The van der Waals surface area contributed by atoms with Crippen LogP contribution >= 0.6 is 0 Å². The largest absolute Gasteiger partial charge is 0.486 e. The van der Waals surface area contributed by atoms with Crippen molar-refractivity contribution in [2.24, 2.45) is 0 Å². The van der Waals surface area contributed by atoms with Gasteiger partial charge in [0.15, 0.2) is 5.82 Å². The van der Waals surface area contributed by atoms with Gasteiger partial charge in [-0.1, -0.05) is 0 Å². The molecule has 2 rings (SSSR count). The fourth-order valence-corrected chi connectivity index (χ4v) is 2.76. The van der Waals surface area contributed by atoms with Crippen LogP contribution in [0.3, 0.4) is 0 Å². The predicted molar refractivity (Wildman–Crippen MR) is 85.4 cm³/mol. The second-order valence-corrected chi connectivity index (χ2v) is 7.29. The Kier molecular flexibility index (Phi) is 5.15. The molecule has 0 spiro atoms. The number of hydrogen-bond acceptors (Lipinski definition) is 6. The number of rotatable bonds is 6. The zero-order chi connectivity index (χ0) is 17.9. The number of aromatic carboxylic acids is 1. The van der Waals surface area contributed by atoms with Gasteiger partial charge in [0.25, 0.3) is 0 Å². The maximum Gasteiger partial charge on any atom is 0.339 e. The van der Waals surface area contributed by atoms with E-state index < -0.39 is 16.0 Å². The molecule has 1 N–H and O–H groups in total. The van der Waals surface area contributed by atoms with E-state index in [0.717, 1.165) is 4.31 Å². The fourth-order valence-electron chi connectivity index (χ4n) is 1.86. The number of carboxylic acids is 1. The smallest absolute Gasteiger partial charge is 0.339 e. The van der Waals surface area contributed by atoms with Crippen molar-refractivity contribution in [3.8, 4) is 5.75 Å². The molecule has 0 aliphatic carbocycles. The minimum atomic E-state index is -3.48. The van der Waals surface area contributed by atoms with Crippen LogP contribution in [0.25, 0.3) is 0 Å². The number of benzene rings is 1. The molecule has 0 aliphatic heterocycles. The van der Waals surface area contributed by atoms with E-state index in [4.69, 9.17) is 9.84 Å². The molecule has 0 atom stereocenters. The first-order valence-electron chi connectivity index (χ1n) is 6.93. The van der Waals surface area contributed by atoms with Crippen LogP contribution in [0.15, 0.2) is 35.4 Å². The molecule has 1 heterocycles. The Morgan fingerprint density at radius 1 is 1.25 bits per heavy atom. The number of sulfonamides is 1. The number of hydrogen-bond donors (Lipinski definition) is 1. The lowest BCUT2D eigenvalue weighted by Crippen LogP contribution is -2.22. The first kappa shape index (κ1) is 17.8. The van der Waals surface area contributed by atoms with Gasteiger partial charge in [0.1, 0.15) is 12.4 Å². The summed E-state index contributed by atoms with van der Waals surface area (Å²) in [7, 11) is -0.565. The summed E-state index contributed by atoms with van der Waals surface area (Å²) in [6.07, 6.45) is 1.23. The average Bonchev–Trinajstić information content (AvgIpc) is 2.53. The highest BCUT2D eigenvalue weighted by Crippen LogP contribution is 2.18.